The molecule has 2 unspecified atom stereocenters. The van der Waals surface area contributed by atoms with Crippen molar-refractivity contribution in [1.29, 1.82) is 0 Å². The first-order valence-corrected chi connectivity index (χ1v) is 16.2. The average Bonchev–Trinajstić information content (AvgIpc) is 3.56. The smallest absolute Gasteiger partial charge is 0.240 e. The largest absolute Gasteiger partial charge is 0.496 e. The lowest BCUT2D eigenvalue weighted by atomic mass is 9.66. The van der Waals surface area contributed by atoms with Crippen molar-refractivity contribution in [2.45, 2.75) is 69.6 Å². The van der Waals surface area contributed by atoms with Gasteiger partial charge in [-0.1, -0.05) is 86.6 Å². The second-order valence-electron chi connectivity index (χ2n) is 13.1. The number of amides is 2. The van der Waals surface area contributed by atoms with E-state index in [1.807, 2.05) is 0 Å². The highest BCUT2D eigenvalue weighted by molar-refractivity contribution is 5.88. The van der Waals surface area contributed by atoms with Crippen LogP contribution in [0, 0.1) is 11.8 Å². The number of carbonyl (C=O) groups excluding carboxylic acids is 2. The van der Waals surface area contributed by atoms with Crippen LogP contribution in [0.2, 0.25) is 0 Å². The molecule has 0 radical (unpaired) electrons. The Bertz CT molecular complexity index is 1410. The molecule has 4 fully saturated rings. The van der Waals surface area contributed by atoms with E-state index >= 15 is 0 Å². The molecule has 6 atom stereocenters. The van der Waals surface area contributed by atoms with Gasteiger partial charge in [-0.2, -0.15) is 0 Å². The highest BCUT2D eigenvalue weighted by atomic mass is 16.5. The summed E-state index contributed by atoms with van der Waals surface area (Å²) in [6, 6.07) is 27.7. The molecule has 44 heavy (non-hydrogen) atoms. The summed E-state index contributed by atoms with van der Waals surface area (Å²) in [6.07, 6.45) is 2.41. The quantitative estimate of drug-likeness (QED) is 0.349. The summed E-state index contributed by atoms with van der Waals surface area (Å²) < 4.78 is 5.80. The summed E-state index contributed by atoms with van der Waals surface area (Å²) in [7, 11) is 1.73. The fraction of sp³-hybridized carbons (Fsp3) is 0.459. The number of rotatable bonds is 10. The van der Waals surface area contributed by atoms with Crippen LogP contribution in [-0.2, 0) is 16.1 Å². The monoisotopic (exact) mass is 594 g/mol. The van der Waals surface area contributed by atoms with E-state index in [9.17, 15) is 9.59 Å². The molecular weight excluding hydrogens is 548 g/mol. The first kappa shape index (κ1) is 30.4. The third-order valence-electron chi connectivity index (χ3n) is 10.3. The van der Waals surface area contributed by atoms with Gasteiger partial charge in [-0.15, -0.1) is 0 Å². The maximum atomic E-state index is 14.2. The predicted molar refractivity (Wildman–Crippen MR) is 173 cm³/mol. The van der Waals surface area contributed by atoms with E-state index in [0.717, 1.165) is 30.7 Å². The fourth-order valence-electron chi connectivity index (χ4n) is 8.10. The van der Waals surface area contributed by atoms with Crippen LogP contribution in [0.4, 0.5) is 0 Å². The summed E-state index contributed by atoms with van der Waals surface area (Å²) in [5.74, 6) is 1.04. The summed E-state index contributed by atoms with van der Waals surface area (Å²) in [5.41, 5.74) is 10.7. The van der Waals surface area contributed by atoms with Crippen LogP contribution in [0.1, 0.15) is 67.2 Å². The van der Waals surface area contributed by atoms with Gasteiger partial charge in [0.15, 0.2) is 0 Å². The van der Waals surface area contributed by atoms with Crippen molar-refractivity contribution in [3.8, 4) is 5.75 Å². The lowest BCUT2D eigenvalue weighted by Crippen LogP contribution is -2.69. The van der Waals surface area contributed by atoms with Crippen LogP contribution >= 0.6 is 0 Å². The van der Waals surface area contributed by atoms with Crippen LogP contribution in [-0.4, -0.2) is 66.5 Å². The second-order valence-corrected chi connectivity index (χ2v) is 13.1. The summed E-state index contributed by atoms with van der Waals surface area (Å²) in [6.45, 7) is 7.30. The Labute approximate surface area is 261 Å². The highest BCUT2D eigenvalue weighted by Crippen LogP contribution is 2.45. The number of hydrogen-bond acceptors (Lipinski definition) is 5. The van der Waals surface area contributed by atoms with Gasteiger partial charge < -0.3 is 20.7 Å². The fourth-order valence-corrected chi connectivity index (χ4v) is 8.10. The van der Waals surface area contributed by atoms with Crippen molar-refractivity contribution in [1.82, 2.24) is 15.1 Å². The predicted octanol–water partition coefficient (Wildman–Crippen LogP) is 4.91. The SMILES string of the molecule is COc1ccc(C(C)C)cc1CN[C@H]1[C@H]2CCN(C[C@@H]2C(=O)N2CCCC2C(N)=O)[C@@H]1C(c1ccccc1)c1ccccc1. The van der Waals surface area contributed by atoms with Gasteiger partial charge in [0.1, 0.15) is 11.8 Å². The molecule has 232 valence electrons. The van der Waals surface area contributed by atoms with E-state index in [2.05, 4.69) is 103 Å². The minimum Gasteiger partial charge on any atom is -0.496 e. The number of nitrogens with two attached hydrogens (primary N) is 1. The number of nitrogens with one attached hydrogen (secondary N) is 1. The molecule has 4 saturated heterocycles. The maximum Gasteiger partial charge on any atom is 0.240 e. The molecule has 0 aliphatic carbocycles. The highest BCUT2D eigenvalue weighted by Gasteiger charge is 2.53. The molecule has 0 saturated carbocycles. The van der Waals surface area contributed by atoms with E-state index in [-0.39, 0.29) is 35.7 Å². The third kappa shape index (κ3) is 5.87. The van der Waals surface area contributed by atoms with E-state index in [0.29, 0.717) is 32.0 Å². The van der Waals surface area contributed by atoms with Crippen LogP contribution in [0.25, 0.3) is 0 Å². The number of piperidine rings is 3. The van der Waals surface area contributed by atoms with E-state index in [1.54, 1.807) is 12.0 Å². The van der Waals surface area contributed by atoms with Crippen molar-refractivity contribution >= 4 is 11.8 Å². The number of primary amides is 1. The van der Waals surface area contributed by atoms with E-state index in [1.165, 1.54) is 16.7 Å². The van der Waals surface area contributed by atoms with Gasteiger partial charge in [0.05, 0.1) is 13.0 Å². The Hall–Kier alpha value is -3.68. The number of hydrogen-bond donors (Lipinski definition) is 2. The van der Waals surface area contributed by atoms with Gasteiger partial charge >= 0.3 is 0 Å². The molecule has 3 aromatic rings. The van der Waals surface area contributed by atoms with Crippen molar-refractivity contribution < 1.29 is 14.3 Å². The van der Waals surface area contributed by atoms with Gasteiger partial charge in [0.25, 0.3) is 0 Å². The summed E-state index contributed by atoms with van der Waals surface area (Å²) in [5, 5.41) is 4.01. The Morgan fingerprint density at radius 3 is 2.23 bits per heavy atom. The lowest BCUT2D eigenvalue weighted by Gasteiger charge is -2.57. The normalized spacial score (nSPS) is 26.3. The molecule has 3 N–H and O–H groups in total. The zero-order valence-corrected chi connectivity index (χ0v) is 26.2. The summed E-state index contributed by atoms with van der Waals surface area (Å²) in [4.78, 5) is 30.8. The number of likely N-dealkylation sites (tertiary alicyclic amines) is 1. The molecule has 0 aromatic heterocycles. The van der Waals surface area contributed by atoms with Crippen LogP contribution in [0.3, 0.4) is 0 Å². The van der Waals surface area contributed by atoms with Gasteiger partial charge in [-0.3, -0.25) is 14.5 Å². The minimum absolute atomic E-state index is 0.0407. The van der Waals surface area contributed by atoms with Crippen molar-refractivity contribution in [3.05, 3.63) is 101 Å². The van der Waals surface area contributed by atoms with Crippen LogP contribution < -0.4 is 15.8 Å². The van der Waals surface area contributed by atoms with Crippen LogP contribution in [0.5, 0.6) is 5.75 Å². The molecule has 3 aromatic carbocycles. The van der Waals surface area contributed by atoms with Gasteiger partial charge in [-0.05, 0) is 60.4 Å². The molecule has 7 rings (SSSR count). The van der Waals surface area contributed by atoms with Gasteiger partial charge in [-0.25, -0.2) is 0 Å². The molecule has 2 amide bonds. The molecule has 4 aliphatic rings. The first-order chi connectivity index (χ1) is 21.4. The van der Waals surface area contributed by atoms with E-state index in [4.69, 9.17) is 10.5 Å². The maximum absolute atomic E-state index is 14.2. The van der Waals surface area contributed by atoms with Crippen molar-refractivity contribution in [3.63, 3.8) is 0 Å². The Balaban J connectivity index is 1.39. The molecule has 7 heteroatoms. The van der Waals surface area contributed by atoms with Crippen LogP contribution in [0.15, 0.2) is 78.9 Å². The number of nitrogens with zero attached hydrogens (tertiary/aromatic N) is 2. The molecule has 2 bridgehead atoms. The molecular formula is C37H46N4O3. The molecule has 0 spiro atoms. The average molecular weight is 595 g/mol. The molecule has 4 heterocycles. The lowest BCUT2D eigenvalue weighted by molar-refractivity contribution is -0.149. The standard InChI is InChI=1S/C37H46N4O3/c1-24(2)27-16-17-32(44-3)28(21-27)22-39-34-29-18-20-40(23-30(29)37(43)41-19-10-15-31(41)36(38)42)35(34)33(25-11-6-4-7-12-25)26-13-8-5-9-14-26/h4-9,11-14,16-17,21,24,29-31,33-35,39H,10,15,18-20,22-23H2,1-3H3,(H2,38,42)/t29-,30-,31?,34-,35+/m0/s1. The number of ether oxygens (including phenoxy) is 1. The number of benzene rings is 3. The number of fused-ring (bicyclic) bond motifs is 3. The number of methoxy groups -OCH3 is 1. The first-order valence-electron chi connectivity index (χ1n) is 16.2. The van der Waals surface area contributed by atoms with Crippen molar-refractivity contribution in [2.24, 2.45) is 17.6 Å². The topological polar surface area (TPSA) is 87.9 Å². The van der Waals surface area contributed by atoms with Gasteiger partial charge in [0.2, 0.25) is 11.8 Å². The minimum atomic E-state index is -0.496. The Kier molecular flexibility index (Phi) is 9.06. The zero-order chi connectivity index (χ0) is 30.8. The van der Waals surface area contributed by atoms with Gasteiger partial charge in [0, 0.05) is 43.2 Å². The van der Waals surface area contributed by atoms with E-state index < -0.39 is 11.9 Å². The Morgan fingerprint density at radius 1 is 0.932 bits per heavy atom. The van der Waals surface area contributed by atoms with Crippen molar-refractivity contribution in [2.75, 3.05) is 26.7 Å². The third-order valence-corrected chi connectivity index (χ3v) is 10.3. The summed E-state index contributed by atoms with van der Waals surface area (Å²) >= 11 is 0. The number of carbonyl (C=O) groups is 2. The Morgan fingerprint density at radius 2 is 1.61 bits per heavy atom. The molecule has 4 aliphatic heterocycles. The zero-order valence-electron chi connectivity index (χ0n) is 26.2. The second kappa shape index (κ2) is 13.1. The molecule has 7 nitrogen and oxygen atoms in total.